The molecule has 1 aromatic rings. The van der Waals surface area contributed by atoms with Gasteiger partial charge in [0.2, 0.25) is 0 Å². The molecule has 20 heavy (non-hydrogen) atoms. The molecule has 0 bridgehead atoms. The molecule has 1 heterocycles. The predicted molar refractivity (Wildman–Crippen MR) is 84.1 cm³/mol. The van der Waals surface area contributed by atoms with Crippen molar-refractivity contribution < 1.29 is 9.31 Å². The molecule has 0 radical (unpaired) electrons. The summed E-state index contributed by atoms with van der Waals surface area (Å²) in [5.41, 5.74) is 1.28. The minimum Gasteiger partial charge on any atom is -0.432 e. The van der Waals surface area contributed by atoms with E-state index in [2.05, 4.69) is 76.4 Å². The van der Waals surface area contributed by atoms with Crippen LogP contribution in [-0.4, -0.2) is 22.6 Å². The van der Waals surface area contributed by atoms with Crippen molar-refractivity contribution in [2.45, 2.75) is 59.7 Å². The Hall–Kier alpha value is -1.31. The van der Waals surface area contributed by atoms with Crippen LogP contribution in [-0.2, 0) is 4.74 Å². The van der Waals surface area contributed by atoms with Gasteiger partial charge in [0.15, 0.2) is 18.2 Å². The third-order valence-corrected chi connectivity index (χ3v) is 3.99. The molecular weight excluding hydrogens is 246 g/mol. The van der Waals surface area contributed by atoms with Crippen molar-refractivity contribution in [1.29, 1.82) is 0 Å². The van der Waals surface area contributed by atoms with Crippen LogP contribution in [0.25, 0.3) is 0 Å². The maximum Gasteiger partial charge on any atom is 0.340 e. The Morgan fingerprint density at radius 1 is 0.950 bits per heavy atom. The van der Waals surface area contributed by atoms with Crippen LogP contribution in [0, 0.1) is 11.8 Å². The summed E-state index contributed by atoms with van der Waals surface area (Å²) in [5, 5.41) is 0. The number of benzene rings is 1. The number of ether oxygens (including phenoxy) is 1. The van der Waals surface area contributed by atoms with Crippen molar-refractivity contribution in [2.75, 3.05) is 0 Å². The van der Waals surface area contributed by atoms with Crippen LogP contribution < -0.4 is 0 Å². The summed E-state index contributed by atoms with van der Waals surface area (Å²) in [7, 11) is 0. The van der Waals surface area contributed by atoms with Gasteiger partial charge in [0.1, 0.15) is 0 Å². The molecule has 2 atom stereocenters. The van der Waals surface area contributed by atoms with E-state index in [0.717, 1.165) is 5.90 Å². The molecule has 0 unspecified atom stereocenters. The number of hydrogen-bond donors (Lipinski definition) is 0. The molecule has 2 heteroatoms. The van der Waals surface area contributed by atoms with E-state index in [1.54, 1.807) is 0 Å². The number of nitrogens with zero attached hydrogens (tertiary/aromatic N) is 1. The molecule has 2 rings (SSSR count). The Labute approximate surface area is 123 Å². The van der Waals surface area contributed by atoms with E-state index in [-0.39, 0.29) is 6.10 Å². The lowest BCUT2D eigenvalue weighted by Crippen LogP contribution is -2.37. The molecule has 0 fully saturated rings. The second-order valence-electron chi connectivity index (χ2n) is 6.68. The van der Waals surface area contributed by atoms with Crippen LogP contribution in [0.1, 0.15) is 53.2 Å². The predicted octanol–water partition coefficient (Wildman–Crippen LogP) is 4.26. The van der Waals surface area contributed by atoms with Crippen molar-refractivity contribution >= 4 is 5.90 Å². The van der Waals surface area contributed by atoms with E-state index in [9.17, 15) is 0 Å². The first-order chi connectivity index (χ1) is 9.43. The van der Waals surface area contributed by atoms with Gasteiger partial charge in [-0.1, -0.05) is 44.2 Å². The van der Waals surface area contributed by atoms with Gasteiger partial charge in [0.05, 0.1) is 5.92 Å². The molecule has 1 aromatic carbocycles. The van der Waals surface area contributed by atoms with Crippen LogP contribution in [0.3, 0.4) is 0 Å². The second kappa shape index (κ2) is 5.99. The molecular formula is C18H28NO+. The lowest BCUT2D eigenvalue weighted by Gasteiger charge is -2.21. The topological polar surface area (TPSA) is 12.2 Å². The summed E-state index contributed by atoms with van der Waals surface area (Å²) in [5.74, 6) is 2.12. The van der Waals surface area contributed by atoms with Gasteiger partial charge in [0, 0.05) is 5.92 Å². The van der Waals surface area contributed by atoms with Crippen LogP contribution >= 0.6 is 0 Å². The van der Waals surface area contributed by atoms with E-state index in [4.69, 9.17) is 4.74 Å². The molecule has 0 aromatic heterocycles. The number of rotatable bonds is 4. The summed E-state index contributed by atoms with van der Waals surface area (Å²) in [4.78, 5) is 0. The third-order valence-electron chi connectivity index (χ3n) is 3.99. The fraction of sp³-hybridized carbons (Fsp3) is 0.611. The lowest BCUT2D eigenvalue weighted by atomic mass is 9.93. The zero-order chi connectivity index (χ0) is 14.9. The lowest BCUT2D eigenvalue weighted by molar-refractivity contribution is -0.597. The van der Waals surface area contributed by atoms with Crippen LogP contribution in [0.4, 0.5) is 0 Å². The fourth-order valence-corrected chi connectivity index (χ4v) is 3.17. The van der Waals surface area contributed by atoms with Crippen molar-refractivity contribution in [2.24, 2.45) is 11.8 Å². The highest BCUT2D eigenvalue weighted by Crippen LogP contribution is 2.35. The molecule has 1 aliphatic rings. The molecule has 0 saturated heterocycles. The maximum atomic E-state index is 6.40. The van der Waals surface area contributed by atoms with Crippen LogP contribution in [0.5, 0.6) is 0 Å². The van der Waals surface area contributed by atoms with Crippen molar-refractivity contribution in [3.63, 3.8) is 0 Å². The average molecular weight is 274 g/mol. The van der Waals surface area contributed by atoms with Gasteiger partial charge in [-0.05, 0) is 33.3 Å². The SMILES string of the molecule is CC(C)C1=[N+](C(C)C)[C@H](C(C)C)[C@H](c2ccccc2)O1. The summed E-state index contributed by atoms with van der Waals surface area (Å²) >= 11 is 0. The Kier molecular flexibility index (Phi) is 4.52. The van der Waals surface area contributed by atoms with Gasteiger partial charge >= 0.3 is 5.90 Å². The van der Waals surface area contributed by atoms with E-state index in [0.29, 0.717) is 23.9 Å². The van der Waals surface area contributed by atoms with Gasteiger partial charge in [-0.2, -0.15) is 4.58 Å². The highest BCUT2D eigenvalue weighted by Gasteiger charge is 2.48. The van der Waals surface area contributed by atoms with E-state index >= 15 is 0 Å². The first-order valence-electron chi connectivity index (χ1n) is 7.80. The quantitative estimate of drug-likeness (QED) is 0.747. The molecule has 2 nitrogen and oxygen atoms in total. The molecule has 0 saturated carbocycles. The van der Waals surface area contributed by atoms with E-state index in [1.165, 1.54) is 5.56 Å². The Bertz CT molecular complexity index is 473. The van der Waals surface area contributed by atoms with Crippen LogP contribution in [0.15, 0.2) is 30.3 Å². The first-order valence-corrected chi connectivity index (χ1v) is 7.80. The van der Waals surface area contributed by atoms with Gasteiger partial charge in [-0.15, -0.1) is 0 Å². The van der Waals surface area contributed by atoms with E-state index in [1.807, 2.05) is 0 Å². The van der Waals surface area contributed by atoms with Crippen molar-refractivity contribution in [3.8, 4) is 0 Å². The Morgan fingerprint density at radius 2 is 1.55 bits per heavy atom. The monoisotopic (exact) mass is 274 g/mol. The maximum absolute atomic E-state index is 6.40. The van der Waals surface area contributed by atoms with Gasteiger partial charge in [-0.25, -0.2) is 0 Å². The van der Waals surface area contributed by atoms with E-state index < -0.39 is 0 Å². The average Bonchev–Trinajstić information content (AvgIpc) is 2.80. The van der Waals surface area contributed by atoms with Gasteiger partial charge in [0.25, 0.3) is 0 Å². The molecule has 0 aliphatic carbocycles. The van der Waals surface area contributed by atoms with Crippen molar-refractivity contribution in [3.05, 3.63) is 35.9 Å². The third kappa shape index (κ3) is 2.74. The molecule has 0 spiro atoms. The van der Waals surface area contributed by atoms with Crippen LogP contribution in [0.2, 0.25) is 0 Å². The Balaban J connectivity index is 2.44. The highest BCUT2D eigenvalue weighted by molar-refractivity contribution is 5.74. The summed E-state index contributed by atoms with van der Waals surface area (Å²) < 4.78 is 8.89. The van der Waals surface area contributed by atoms with Gasteiger partial charge < -0.3 is 4.74 Å². The first kappa shape index (κ1) is 15.1. The zero-order valence-corrected chi connectivity index (χ0v) is 13.6. The summed E-state index contributed by atoms with van der Waals surface area (Å²) in [6.45, 7) is 13.5. The normalized spacial score (nSPS) is 23.1. The molecule has 0 amide bonds. The smallest absolute Gasteiger partial charge is 0.340 e. The van der Waals surface area contributed by atoms with Gasteiger partial charge in [-0.3, -0.25) is 0 Å². The minimum atomic E-state index is 0.149. The summed E-state index contributed by atoms with van der Waals surface area (Å²) in [6, 6.07) is 11.5. The zero-order valence-electron chi connectivity index (χ0n) is 13.6. The number of hydrogen-bond acceptors (Lipinski definition) is 1. The van der Waals surface area contributed by atoms with Crippen molar-refractivity contribution in [1.82, 2.24) is 0 Å². The minimum absolute atomic E-state index is 0.149. The summed E-state index contributed by atoms with van der Waals surface area (Å²) in [6.07, 6.45) is 0.149. The molecule has 0 N–H and O–H groups in total. The molecule has 1 aliphatic heterocycles. The highest BCUT2D eigenvalue weighted by atomic mass is 16.5. The fourth-order valence-electron chi connectivity index (χ4n) is 3.17. The largest absolute Gasteiger partial charge is 0.432 e. The Morgan fingerprint density at radius 3 is 2.00 bits per heavy atom. The second-order valence-corrected chi connectivity index (χ2v) is 6.68. The molecule has 110 valence electrons. The standard InChI is InChI=1S/C18H28NO/c1-12(2)16-17(15-10-8-7-9-11-15)20-18(13(3)4)19(16)14(5)6/h7-14,16-17H,1-6H3/q+1/t16-,17+/m1/s1.